The highest BCUT2D eigenvalue weighted by Gasteiger charge is 2.33. The molecule has 0 spiro atoms. The normalized spacial score (nSPS) is 11.7. The minimum absolute atomic E-state index is 0.0979. The molecule has 0 saturated carbocycles. The van der Waals surface area contributed by atoms with Crippen molar-refractivity contribution >= 4 is 15.9 Å². The highest BCUT2D eigenvalue weighted by molar-refractivity contribution is 9.10. The Hall–Kier alpha value is -1.68. The maximum absolute atomic E-state index is 12.4. The van der Waals surface area contributed by atoms with E-state index in [-0.39, 0.29) is 5.69 Å². The van der Waals surface area contributed by atoms with Crippen molar-refractivity contribution in [2.75, 3.05) is 7.05 Å². The van der Waals surface area contributed by atoms with Gasteiger partial charge in [-0.05, 0) is 35.7 Å². The van der Waals surface area contributed by atoms with Gasteiger partial charge in [0.05, 0.1) is 6.54 Å². The fourth-order valence-corrected chi connectivity index (χ4v) is 1.87. The Bertz CT molecular complexity index is 601. The number of hydrogen-bond acceptors (Lipinski definition) is 5. The van der Waals surface area contributed by atoms with Crippen LogP contribution in [0.25, 0.3) is 5.69 Å². The minimum atomic E-state index is -4.80. The van der Waals surface area contributed by atoms with E-state index in [2.05, 4.69) is 41.5 Å². The van der Waals surface area contributed by atoms with E-state index in [0.29, 0.717) is 16.8 Å². The number of alkyl halides is 3. The molecule has 108 valence electrons. The molecule has 0 atom stereocenters. The summed E-state index contributed by atoms with van der Waals surface area (Å²) < 4.78 is 42.9. The van der Waals surface area contributed by atoms with Crippen LogP contribution in [0.3, 0.4) is 0 Å². The smallest absolute Gasteiger partial charge is 0.403 e. The summed E-state index contributed by atoms with van der Waals surface area (Å²) in [4.78, 5) is 0. The molecule has 20 heavy (non-hydrogen) atoms. The van der Waals surface area contributed by atoms with Gasteiger partial charge in [0.25, 0.3) is 0 Å². The molecule has 1 aromatic heterocycles. The predicted molar refractivity (Wildman–Crippen MR) is 66.3 cm³/mol. The van der Waals surface area contributed by atoms with Gasteiger partial charge in [-0.15, -0.1) is 18.3 Å². The van der Waals surface area contributed by atoms with E-state index in [1.54, 1.807) is 13.1 Å². The van der Waals surface area contributed by atoms with Gasteiger partial charge in [0.15, 0.2) is 11.6 Å². The van der Waals surface area contributed by atoms with Crippen LogP contribution in [0.2, 0.25) is 0 Å². The number of tetrazole rings is 1. The van der Waals surface area contributed by atoms with Gasteiger partial charge in [-0.2, -0.15) is 4.68 Å². The van der Waals surface area contributed by atoms with Gasteiger partial charge in [0.1, 0.15) is 5.69 Å². The molecule has 0 bridgehead atoms. The number of aromatic nitrogens is 4. The van der Waals surface area contributed by atoms with Crippen molar-refractivity contribution in [2.45, 2.75) is 12.9 Å². The molecular weight excluding hydrogens is 343 g/mol. The zero-order valence-electron chi connectivity index (χ0n) is 10.1. The van der Waals surface area contributed by atoms with Crippen molar-refractivity contribution in [3.63, 3.8) is 0 Å². The molecule has 0 radical (unpaired) electrons. The summed E-state index contributed by atoms with van der Waals surface area (Å²) in [6, 6.07) is 4.21. The van der Waals surface area contributed by atoms with Gasteiger partial charge in [0.2, 0.25) is 0 Å². The average Bonchev–Trinajstić information content (AvgIpc) is 2.76. The van der Waals surface area contributed by atoms with Crippen LogP contribution in [0, 0.1) is 0 Å². The molecule has 0 aliphatic rings. The van der Waals surface area contributed by atoms with Crippen LogP contribution >= 0.6 is 15.9 Å². The monoisotopic (exact) mass is 351 g/mol. The molecule has 1 aromatic carbocycles. The first-order chi connectivity index (χ1) is 9.40. The zero-order chi connectivity index (χ0) is 14.8. The molecular formula is C10H9BrF3N5O. The van der Waals surface area contributed by atoms with Crippen molar-refractivity contribution in [1.82, 2.24) is 25.5 Å². The standard InChI is InChI=1S/C10H9BrF3N5O/c1-15-5-9-16-17-18-19(9)7-3-2-6(11)4-8(7)20-10(12,13)14/h2-4,15H,5H2,1H3. The lowest BCUT2D eigenvalue weighted by atomic mass is 10.3. The molecule has 0 saturated heterocycles. The number of halogens is 4. The third kappa shape index (κ3) is 3.45. The number of nitrogens with zero attached hydrogens (tertiary/aromatic N) is 4. The van der Waals surface area contributed by atoms with E-state index in [4.69, 9.17) is 0 Å². The fraction of sp³-hybridized carbons (Fsp3) is 0.300. The molecule has 0 unspecified atom stereocenters. The largest absolute Gasteiger partial charge is 0.573 e. The van der Waals surface area contributed by atoms with Gasteiger partial charge in [-0.25, -0.2) is 0 Å². The minimum Gasteiger partial charge on any atom is -0.403 e. The van der Waals surface area contributed by atoms with Crippen LogP contribution in [0.15, 0.2) is 22.7 Å². The molecule has 0 amide bonds. The van der Waals surface area contributed by atoms with Gasteiger partial charge in [-0.1, -0.05) is 15.9 Å². The van der Waals surface area contributed by atoms with Crippen molar-refractivity contribution in [2.24, 2.45) is 0 Å². The van der Waals surface area contributed by atoms with Gasteiger partial charge >= 0.3 is 6.36 Å². The first-order valence-corrected chi connectivity index (χ1v) is 6.17. The van der Waals surface area contributed by atoms with Crippen LogP contribution in [0.1, 0.15) is 5.82 Å². The van der Waals surface area contributed by atoms with E-state index in [0.717, 1.165) is 0 Å². The summed E-state index contributed by atoms with van der Waals surface area (Å²) in [5, 5.41) is 13.7. The molecule has 1 heterocycles. The molecule has 10 heteroatoms. The number of benzene rings is 1. The number of rotatable bonds is 4. The summed E-state index contributed by atoms with van der Waals surface area (Å²) in [6.07, 6.45) is -4.80. The van der Waals surface area contributed by atoms with Crippen LogP contribution < -0.4 is 10.1 Å². The second kappa shape index (κ2) is 5.75. The zero-order valence-corrected chi connectivity index (χ0v) is 11.7. The topological polar surface area (TPSA) is 64.9 Å². The highest BCUT2D eigenvalue weighted by Crippen LogP contribution is 2.31. The van der Waals surface area contributed by atoms with Crippen molar-refractivity contribution in [1.29, 1.82) is 0 Å². The van der Waals surface area contributed by atoms with Crippen molar-refractivity contribution < 1.29 is 17.9 Å². The Kier molecular flexibility index (Phi) is 4.23. The number of nitrogens with one attached hydrogen (secondary N) is 1. The summed E-state index contributed by atoms with van der Waals surface area (Å²) in [7, 11) is 1.67. The summed E-state index contributed by atoms with van der Waals surface area (Å²) >= 11 is 3.10. The van der Waals surface area contributed by atoms with E-state index >= 15 is 0 Å². The summed E-state index contributed by atoms with van der Waals surface area (Å²) in [5.74, 6) is -0.0293. The van der Waals surface area contributed by atoms with Crippen LogP contribution in [0.5, 0.6) is 5.75 Å². The Morgan fingerprint density at radius 2 is 2.15 bits per heavy atom. The Balaban J connectivity index is 2.47. The summed E-state index contributed by atoms with van der Waals surface area (Å²) in [5.41, 5.74) is 0.0979. The second-order valence-electron chi connectivity index (χ2n) is 3.70. The first kappa shape index (κ1) is 14.7. The molecule has 2 aromatic rings. The van der Waals surface area contributed by atoms with Crippen LogP contribution in [-0.4, -0.2) is 33.6 Å². The highest BCUT2D eigenvalue weighted by atomic mass is 79.9. The molecule has 1 N–H and O–H groups in total. The lowest BCUT2D eigenvalue weighted by Crippen LogP contribution is -2.19. The average molecular weight is 352 g/mol. The van der Waals surface area contributed by atoms with Gasteiger partial charge in [0, 0.05) is 4.47 Å². The molecule has 2 rings (SSSR count). The Morgan fingerprint density at radius 3 is 2.80 bits per heavy atom. The molecule has 0 fully saturated rings. The Morgan fingerprint density at radius 1 is 1.40 bits per heavy atom. The van der Waals surface area contributed by atoms with E-state index < -0.39 is 12.1 Å². The maximum Gasteiger partial charge on any atom is 0.573 e. The SMILES string of the molecule is CNCc1nnnn1-c1ccc(Br)cc1OC(F)(F)F. The van der Waals surface area contributed by atoms with E-state index in [1.807, 2.05) is 0 Å². The van der Waals surface area contributed by atoms with Gasteiger partial charge in [-0.3, -0.25) is 0 Å². The third-order valence-electron chi connectivity index (χ3n) is 2.24. The number of ether oxygens (including phenoxy) is 1. The van der Waals surface area contributed by atoms with Crippen LogP contribution in [0.4, 0.5) is 13.2 Å². The predicted octanol–water partition coefficient (Wildman–Crippen LogP) is 2.04. The van der Waals surface area contributed by atoms with Crippen LogP contribution in [-0.2, 0) is 6.54 Å². The maximum atomic E-state index is 12.4. The third-order valence-corrected chi connectivity index (χ3v) is 2.74. The quantitative estimate of drug-likeness (QED) is 0.913. The molecule has 0 aliphatic heterocycles. The fourth-order valence-electron chi connectivity index (χ4n) is 1.53. The lowest BCUT2D eigenvalue weighted by molar-refractivity contribution is -0.274. The Labute approximate surface area is 120 Å². The lowest BCUT2D eigenvalue weighted by Gasteiger charge is -2.14. The second-order valence-corrected chi connectivity index (χ2v) is 4.61. The summed E-state index contributed by atoms with van der Waals surface area (Å²) in [6.45, 7) is 0.300. The van der Waals surface area contributed by atoms with Crippen molar-refractivity contribution in [3.05, 3.63) is 28.5 Å². The van der Waals surface area contributed by atoms with Crippen molar-refractivity contribution in [3.8, 4) is 11.4 Å². The number of hydrogen-bond donors (Lipinski definition) is 1. The molecule has 0 aliphatic carbocycles. The van der Waals surface area contributed by atoms with E-state index in [1.165, 1.54) is 16.8 Å². The van der Waals surface area contributed by atoms with E-state index in [9.17, 15) is 13.2 Å². The molecule has 6 nitrogen and oxygen atoms in total. The first-order valence-electron chi connectivity index (χ1n) is 5.38. The van der Waals surface area contributed by atoms with Gasteiger partial charge < -0.3 is 10.1 Å².